The molecule has 3 N–H and O–H groups in total. The van der Waals surface area contributed by atoms with E-state index in [-0.39, 0.29) is 11.8 Å². The lowest BCUT2D eigenvalue weighted by atomic mass is 9.95. The molecule has 0 aliphatic heterocycles. The van der Waals surface area contributed by atoms with Gasteiger partial charge in [-0.3, -0.25) is 14.4 Å². The highest BCUT2D eigenvalue weighted by atomic mass is 16.4. The number of anilines is 2. The predicted octanol–water partition coefficient (Wildman–Crippen LogP) is 2.25. The molecule has 114 valence electrons. The van der Waals surface area contributed by atoms with Crippen molar-refractivity contribution >= 4 is 29.2 Å². The molecule has 6 heteroatoms. The Morgan fingerprint density at radius 1 is 1.10 bits per heavy atom. The van der Waals surface area contributed by atoms with Gasteiger partial charge in [0.1, 0.15) is 0 Å². The van der Waals surface area contributed by atoms with Crippen molar-refractivity contribution in [2.75, 3.05) is 10.6 Å². The number of nitrogens with one attached hydrogen (secondary N) is 2. The Morgan fingerprint density at radius 2 is 1.71 bits per heavy atom. The molecule has 2 atom stereocenters. The smallest absolute Gasteiger partial charge is 0.307 e. The summed E-state index contributed by atoms with van der Waals surface area (Å²) in [5.41, 5.74) is 1.99. The van der Waals surface area contributed by atoms with Crippen LogP contribution in [0.25, 0.3) is 0 Å². The third-order valence-electron chi connectivity index (χ3n) is 3.37. The van der Waals surface area contributed by atoms with Crippen LogP contribution in [0.1, 0.15) is 26.3 Å². The fraction of sp³-hybridized carbons (Fsp3) is 0.400. The van der Waals surface area contributed by atoms with Gasteiger partial charge in [-0.2, -0.15) is 0 Å². The molecule has 6 nitrogen and oxygen atoms in total. The van der Waals surface area contributed by atoms with Crippen molar-refractivity contribution in [3.05, 3.63) is 23.8 Å². The number of aliphatic carboxylic acids is 1. The number of amides is 2. The van der Waals surface area contributed by atoms with Crippen molar-refractivity contribution in [2.45, 2.75) is 27.7 Å². The summed E-state index contributed by atoms with van der Waals surface area (Å²) in [7, 11) is 0. The van der Waals surface area contributed by atoms with Gasteiger partial charge in [-0.05, 0) is 24.6 Å². The van der Waals surface area contributed by atoms with Crippen molar-refractivity contribution < 1.29 is 19.5 Å². The van der Waals surface area contributed by atoms with E-state index in [2.05, 4.69) is 10.6 Å². The number of carbonyl (C=O) groups excluding carboxylic acids is 2. The zero-order chi connectivity index (χ0) is 16.2. The highest BCUT2D eigenvalue weighted by molar-refractivity contribution is 5.96. The molecule has 0 radical (unpaired) electrons. The van der Waals surface area contributed by atoms with Crippen molar-refractivity contribution in [1.82, 2.24) is 0 Å². The number of carboxylic acids is 1. The Kier molecular flexibility index (Phi) is 5.46. The monoisotopic (exact) mass is 292 g/mol. The van der Waals surface area contributed by atoms with Crippen LogP contribution in [-0.2, 0) is 14.4 Å². The van der Waals surface area contributed by atoms with Crippen molar-refractivity contribution in [2.24, 2.45) is 11.8 Å². The van der Waals surface area contributed by atoms with Gasteiger partial charge in [0, 0.05) is 24.2 Å². The average Bonchev–Trinajstić information content (AvgIpc) is 2.40. The average molecular weight is 292 g/mol. The minimum atomic E-state index is -1.01. The lowest BCUT2D eigenvalue weighted by molar-refractivity contribution is -0.145. The van der Waals surface area contributed by atoms with Crippen molar-refractivity contribution in [1.29, 1.82) is 0 Å². The quantitative estimate of drug-likeness (QED) is 0.775. The minimum Gasteiger partial charge on any atom is -0.481 e. The third-order valence-corrected chi connectivity index (χ3v) is 3.37. The molecular formula is C15H20N2O4. The number of carboxylic acid groups (broad SMARTS) is 1. The SMILES string of the molecule is CC(=O)Nc1cc(NC(=O)C(C)C(C)C(=O)O)ccc1C. The van der Waals surface area contributed by atoms with Crippen LogP contribution >= 0.6 is 0 Å². The zero-order valence-electron chi connectivity index (χ0n) is 12.6. The molecule has 2 unspecified atom stereocenters. The van der Waals surface area contributed by atoms with Crippen LogP contribution in [0, 0.1) is 18.8 Å². The largest absolute Gasteiger partial charge is 0.481 e. The zero-order valence-corrected chi connectivity index (χ0v) is 12.6. The molecule has 0 aromatic heterocycles. The topological polar surface area (TPSA) is 95.5 Å². The second kappa shape index (κ2) is 6.88. The summed E-state index contributed by atoms with van der Waals surface area (Å²) in [5, 5.41) is 14.3. The number of hydrogen-bond acceptors (Lipinski definition) is 3. The fourth-order valence-electron chi connectivity index (χ4n) is 1.72. The number of hydrogen-bond donors (Lipinski definition) is 3. The molecule has 0 saturated heterocycles. The van der Waals surface area contributed by atoms with E-state index in [1.165, 1.54) is 13.8 Å². The summed E-state index contributed by atoms with van der Waals surface area (Å²) in [4.78, 5) is 34.0. The number of rotatable bonds is 5. The molecule has 21 heavy (non-hydrogen) atoms. The van der Waals surface area contributed by atoms with Crippen LogP contribution in [-0.4, -0.2) is 22.9 Å². The van der Waals surface area contributed by atoms with Crippen LogP contribution in [0.4, 0.5) is 11.4 Å². The van der Waals surface area contributed by atoms with Crippen molar-refractivity contribution in [3.8, 4) is 0 Å². The van der Waals surface area contributed by atoms with Crippen molar-refractivity contribution in [3.63, 3.8) is 0 Å². The molecule has 1 aromatic rings. The van der Waals surface area contributed by atoms with Gasteiger partial charge in [-0.25, -0.2) is 0 Å². The van der Waals surface area contributed by atoms with E-state index in [1.54, 1.807) is 25.1 Å². The molecule has 0 bridgehead atoms. The lowest BCUT2D eigenvalue weighted by Gasteiger charge is -2.16. The van der Waals surface area contributed by atoms with E-state index in [0.29, 0.717) is 11.4 Å². The predicted molar refractivity (Wildman–Crippen MR) is 80.1 cm³/mol. The van der Waals surface area contributed by atoms with E-state index >= 15 is 0 Å². The van der Waals surface area contributed by atoms with Gasteiger partial charge in [0.05, 0.1) is 5.92 Å². The maximum atomic E-state index is 12.0. The first-order valence-corrected chi connectivity index (χ1v) is 6.64. The number of aryl methyl sites for hydroxylation is 1. The molecule has 0 heterocycles. The Bertz CT molecular complexity index is 569. The number of carbonyl (C=O) groups is 3. The number of benzene rings is 1. The Morgan fingerprint density at radius 3 is 2.24 bits per heavy atom. The van der Waals surface area contributed by atoms with E-state index in [4.69, 9.17) is 5.11 Å². The van der Waals surface area contributed by atoms with Crippen LogP contribution in [0.2, 0.25) is 0 Å². The molecule has 0 spiro atoms. The van der Waals surface area contributed by atoms with Gasteiger partial charge < -0.3 is 15.7 Å². The van der Waals surface area contributed by atoms with Crippen LogP contribution in [0.5, 0.6) is 0 Å². The fourth-order valence-corrected chi connectivity index (χ4v) is 1.72. The lowest BCUT2D eigenvalue weighted by Crippen LogP contribution is -2.30. The van der Waals surface area contributed by atoms with Crippen LogP contribution in [0.3, 0.4) is 0 Å². The van der Waals surface area contributed by atoms with Gasteiger partial charge in [0.15, 0.2) is 0 Å². The molecule has 0 aliphatic rings. The molecule has 0 saturated carbocycles. The maximum Gasteiger partial charge on any atom is 0.307 e. The van der Waals surface area contributed by atoms with E-state index in [1.807, 2.05) is 6.92 Å². The maximum absolute atomic E-state index is 12.0. The molecular weight excluding hydrogens is 272 g/mol. The molecule has 1 rings (SSSR count). The summed E-state index contributed by atoms with van der Waals surface area (Å²) >= 11 is 0. The Hall–Kier alpha value is -2.37. The van der Waals surface area contributed by atoms with Gasteiger partial charge in [-0.1, -0.05) is 19.9 Å². The normalized spacial score (nSPS) is 13.1. The summed E-state index contributed by atoms with van der Waals surface area (Å²) in [6.45, 7) is 6.30. The summed E-state index contributed by atoms with van der Waals surface area (Å²) in [6.07, 6.45) is 0. The first-order valence-electron chi connectivity index (χ1n) is 6.64. The minimum absolute atomic E-state index is 0.200. The summed E-state index contributed by atoms with van der Waals surface area (Å²) < 4.78 is 0. The Labute approximate surface area is 123 Å². The van der Waals surface area contributed by atoms with Gasteiger partial charge in [-0.15, -0.1) is 0 Å². The molecule has 0 aliphatic carbocycles. The van der Waals surface area contributed by atoms with Gasteiger partial charge in [0.2, 0.25) is 11.8 Å². The second-order valence-electron chi connectivity index (χ2n) is 5.12. The molecule has 1 aromatic carbocycles. The van der Waals surface area contributed by atoms with E-state index < -0.39 is 17.8 Å². The third kappa shape index (κ3) is 4.59. The first-order chi connectivity index (χ1) is 9.72. The second-order valence-corrected chi connectivity index (χ2v) is 5.12. The van der Waals surface area contributed by atoms with Gasteiger partial charge >= 0.3 is 5.97 Å². The summed E-state index contributed by atoms with van der Waals surface area (Å²) in [6, 6.07) is 5.12. The standard InChI is InChI=1S/C15H20N2O4/c1-8-5-6-12(7-13(8)16-11(4)18)17-14(19)9(2)10(3)15(20)21/h5-7,9-10H,1-4H3,(H,16,18)(H,17,19)(H,20,21). The van der Waals surface area contributed by atoms with Crippen LogP contribution < -0.4 is 10.6 Å². The highest BCUT2D eigenvalue weighted by Gasteiger charge is 2.25. The molecule has 2 amide bonds. The highest BCUT2D eigenvalue weighted by Crippen LogP contribution is 2.22. The summed E-state index contributed by atoms with van der Waals surface area (Å²) in [5.74, 6) is -3.02. The first kappa shape index (κ1) is 16.7. The Balaban J connectivity index is 2.85. The van der Waals surface area contributed by atoms with E-state index in [9.17, 15) is 14.4 Å². The molecule has 0 fully saturated rings. The van der Waals surface area contributed by atoms with E-state index in [0.717, 1.165) is 5.56 Å². The van der Waals surface area contributed by atoms with Crippen LogP contribution in [0.15, 0.2) is 18.2 Å². The van der Waals surface area contributed by atoms with Gasteiger partial charge in [0.25, 0.3) is 0 Å².